The Kier molecular flexibility index (Phi) is 5.06. The molecule has 1 unspecified atom stereocenters. The SMILES string of the molecule is CC(C)(CBr)CNC(=O)C1CCCCO1. The van der Waals surface area contributed by atoms with Gasteiger partial charge in [0, 0.05) is 18.5 Å². The minimum Gasteiger partial charge on any atom is -0.368 e. The Morgan fingerprint density at radius 2 is 2.27 bits per heavy atom. The van der Waals surface area contributed by atoms with Crippen LogP contribution < -0.4 is 5.32 Å². The third kappa shape index (κ3) is 4.51. The zero-order valence-corrected chi connectivity index (χ0v) is 11.1. The summed E-state index contributed by atoms with van der Waals surface area (Å²) in [4.78, 5) is 11.7. The van der Waals surface area contributed by atoms with Crippen molar-refractivity contribution < 1.29 is 9.53 Å². The van der Waals surface area contributed by atoms with Gasteiger partial charge < -0.3 is 10.1 Å². The standard InChI is InChI=1S/C11H20BrNO2/c1-11(2,7-12)8-13-10(14)9-5-3-4-6-15-9/h9H,3-8H2,1-2H3,(H,13,14). The van der Waals surface area contributed by atoms with E-state index < -0.39 is 0 Å². The second kappa shape index (κ2) is 5.85. The average molecular weight is 278 g/mol. The lowest BCUT2D eigenvalue weighted by Gasteiger charge is -2.26. The topological polar surface area (TPSA) is 38.3 Å². The van der Waals surface area contributed by atoms with E-state index in [1.165, 1.54) is 0 Å². The van der Waals surface area contributed by atoms with E-state index in [0.29, 0.717) is 6.54 Å². The molecule has 3 nitrogen and oxygen atoms in total. The van der Waals surface area contributed by atoms with Crippen LogP contribution in [0.25, 0.3) is 0 Å². The molecule has 1 rings (SSSR count). The monoisotopic (exact) mass is 277 g/mol. The van der Waals surface area contributed by atoms with Crippen molar-refractivity contribution in [3.63, 3.8) is 0 Å². The molecule has 1 fully saturated rings. The number of carbonyl (C=O) groups excluding carboxylic acids is 1. The molecule has 0 saturated carbocycles. The van der Waals surface area contributed by atoms with E-state index >= 15 is 0 Å². The highest BCUT2D eigenvalue weighted by molar-refractivity contribution is 9.09. The Bertz CT molecular complexity index is 213. The second-order valence-corrected chi connectivity index (χ2v) is 5.43. The van der Waals surface area contributed by atoms with Crippen molar-refractivity contribution in [2.24, 2.45) is 5.41 Å². The Labute approximate surface area is 100 Å². The summed E-state index contributed by atoms with van der Waals surface area (Å²) in [6, 6.07) is 0. The lowest BCUT2D eigenvalue weighted by molar-refractivity contribution is -0.135. The molecule has 1 saturated heterocycles. The molecule has 0 aromatic heterocycles. The van der Waals surface area contributed by atoms with E-state index in [9.17, 15) is 4.79 Å². The molecule has 0 bridgehead atoms. The smallest absolute Gasteiger partial charge is 0.249 e. The van der Waals surface area contributed by atoms with Crippen LogP contribution in [0.4, 0.5) is 0 Å². The van der Waals surface area contributed by atoms with Crippen molar-refractivity contribution in [2.45, 2.75) is 39.2 Å². The number of amides is 1. The number of halogens is 1. The fourth-order valence-electron chi connectivity index (χ4n) is 1.43. The quantitative estimate of drug-likeness (QED) is 0.800. The van der Waals surface area contributed by atoms with Gasteiger partial charge in [-0.2, -0.15) is 0 Å². The van der Waals surface area contributed by atoms with Crippen LogP contribution in [0.1, 0.15) is 33.1 Å². The number of carbonyl (C=O) groups is 1. The number of rotatable bonds is 4. The molecule has 88 valence electrons. The summed E-state index contributed by atoms with van der Waals surface area (Å²) in [5, 5.41) is 3.83. The van der Waals surface area contributed by atoms with Crippen LogP contribution in [0, 0.1) is 5.41 Å². The Morgan fingerprint density at radius 3 is 2.80 bits per heavy atom. The Hall–Kier alpha value is -0.0900. The maximum atomic E-state index is 11.7. The van der Waals surface area contributed by atoms with Crippen molar-refractivity contribution in [1.29, 1.82) is 0 Å². The highest BCUT2D eigenvalue weighted by Crippen LogP contribution is 2.17. The Balaban J connectivity index is 2.28. The fraction of sp³-hybridized carbons (Fsp3) is 0.909. The number of hydrogen-bond acceptors (Lipinski definition) is 2. The van der Waals surface area contributed by atoms with Crippen LogP contribution in [0.15, 0.2) is 0 Å². The van der Waals surface area contributed by atoms with Crippen LogP contribution >= 0.6 is 15.9 Å². The Morgan fingerprint density at radius 1 is 1.53 bits per heavy atom. The third-order valence-electron chi connectivity index (χ3n) is 2.58. The van der Waals surface area contributed by atoms with Gasteiger partial charge in [0.2, 0.25) is 5.91 Å². The summed E-state index contributed by atoms with van der Waals surface area (Å²) < 4.78 is 5.41. The van der Waals surface area contributed by atoms with E-state index in [2.05, 4.69) is 35.1 Å². The summed E-state index contributed by atoms with van der Waals surface area (Å²) >= 11 is 3.43. The van der Waals surface area contributed by atoms with E-state index in [1.54, 1.807) is 0 Å². The molecule has 4 heteroatoms. The minimum atomic E-state index is -0.218. The molecule has 15 heavy (non-hydrogen) atoms. The first-order valence-corrected chi connectivity index (χ1v) is 6.62. The molecule has 1 amide bonds. The highest BCUT2D eigenvalue weighted by atomic mass is 79.9. The van der Waals surface area contributed by atoms with Crippen LogP contribution in [0.2, 0.25) is 0 Å². The summed E-state index contributed by atoms with van der Waals surface area (Å²) in [5.41, 5.74) is 0.102. The van der Waals surface area contributed by atoms with Gasteiger partial charge in [-0.25, -0.2) is 0 Å². The molecular formula is C11H20BrNO2. The van der Waals surface area contributed by atoms with Gasteiger partial charge in [0.15, 0.2) is 0 Å². The van der Waals surface area contributed by atoms with Gasteiger partial charge in [-0.05, 0) is 24.7 Å². The van der Waals surface area contributed by atoms with Gasteiger partial charge >= 0.3 is 0 Å². The summed E-state index contributed by atoms with van der Waals surface area (Å²) in [6.07, 6.45) is 2.82. The van der Waals surface area contributed by atoms with E-state index in [-0.39, 0.29) is 17.4 Å². The van der Waals surface area contributed by atoms with Crippen LogP contribution in [-0.4, -0.2) is 30.5 Å². The van der Waals surface area contributed by atoms with Crippen molar-refractivity contribution in [3.05, 3.63) is 0 Å². The first-order valence-electron chi connectivity index (χ1n) is 5.50. The van der Waals surface area contributed by atoms with Crippen molar-refractivity contribution in [1.82, 2.24) is 5.32 Å². The first-order chi connectivity index (χ1) is 7.05. The molecule has 1 atom stereocenters. The van der Waals surface area contributed by atoms with Crippen LogP contribution in [0.3, 0.4) is 0 Å². The van der Waals surface area contributed by atoms with Crippen molar-refractivity contribution >= 4 is 21.8 Å². The molecule has 0 aromatic rings. The zero-order valence-electron chi connectivity index (χ0n) is 9.51. The van der Waals surface area contributed by atoms with Gasteiger partial charge in [0.1, 0.15) is 6.10 Å². The molecule has 0 spiro atoms. The largest absolute Gasteiger partial charge is 0.368 e. The predicted octanol–water partition coefficient (Wildman–Crippen LogP) is 2.09. The van der Waals surface area contributed by atoms with Gasteiger partial charge in [-0.3, -0.25) is 4.79 Å². The number of alkyl halides is 1. The van der Waals surface area contributed by atoms with Crippen LogP contribution in [-0.2, 0) is 9.53 Å². The van der Waals surface area contributed by atoms with Crippen molar-refractivity contribution in [2.75, 3.05) is 18.5 Å². The normalized spacial score (nSPS) is 22.5. The molecule has 0 aliphatic carbocycles. The third-order valence-corrected chi connectivity index (χ3v) is 4.09. The molecule has 0 radical (unpaired) electrons. The molecule has 1 heterocycles. The predicted molar refractivity (Wildman–Crippen MR) is 64.2 cm³/mol. The summed E-state index contributed by atoms with van der Waals surface area (Å²) in [6.45, 7) is 5.64. The first kappa shape index (κ1) is 13.0. The summed E-state index contributed by atoms with van der Waals surface area (Å²) in [5.74, 6) is 0.0451. The van der Waals surface area contributed by atoms with Crippen LogP contribution in [0.5, 0.6) is 0 Å². The molecule has 1 N–H and O–H groups in total. The van der Waals surface area contributed by atoms with Gasteiger partial charge in [0.05, 0.1) is 0 Å². The highest BCUT2D eigenvalue weighted by Gasteiger charge is 2.24. The van der Waals surface area contributed by atoms with Crippen molar-refractivity contribution in [3.8, 4) is 0 Å². The average Bonchev–Trinajstić information content (AvgIpc) is 2.27. The van der Waals surface area contributed by atoms with Gasteiger partial charge in [0.25, 0.3) is 0 Å². The molecular weight excluding hydrogens is 258 g/mol. The van der Waals surface area contributed by atoms with E-state index in [4.69, 9.17) is 4.74 Å². The fourth-order valence-corrected chi connectivity index (χ4v) is 1.63. The van der Waals surface area contributed by atoms with Gasteiger partial charge in [-0.15, -0.1) is 0 Å². The lowest BCUT2D eigenvalue weighted by atomic mass is 9.96. The lowest BCUT2D eigenvalue weighted by Crippen LogP contribution is -2.42. The molecule has 0 aromatic carbocycles. The maximum Gasteiger partial charge on any atom is 0.249 e. The molecule has 1 aliphatic rings. The molecule has 1 aliphatic heterocycles. The van der Waals surface area contributed by atoms with E-state index in [0.717, 1.165) is 31.2 Å². The number of nitrogens with one attached hydrogen (secondary N) is 1. The number of hydrogen-bond donors (Lipinski definition) is 1. The number of ether oxygens (including phenoxy) is 1. The maximum absolute atomic E-state index is 11.7. The second-order valence-electron chi connectivity index (χ2n) is 4.87. The zero-order chi connectivity index (χ0) is 11.3. The van der Waals surface area contributed by atoms with E-state index in [1.807, 2.05) is 0 Å². The summed E-state index contributed by atoms with van der Waals surface area (Å²) in [7, 11) is 0. The van der Waals surface area contributed by atoms with Gasteiger partial charge in [-0.1, -0.05) is 29.8 Å². The minimum absolute atomic E-state index is 0.0451.